The first-order chi connectivity index (χ1) is 9.22. The molecule has 0 saturated carbocycles. The summed E-state index contributed by atoms with van der Waals surface area (Å²) >= 11 is 1.77. The molecule has 0 aliphatic heterocycles. The molecule has 19 heavy (non-hydrogen) atoms. The Morgan fingerprint density at radius 1 is 0.947 bits per heavy atom. The zero-order valence-electron chi connectivity index (χ0n) is 11.6. The summed E-state index contributed by atoms with van der Waals surface area (Å²) in [5.74, 6) is 0.709. The summed E-state index contributed by atoms with van der Waals surface area (Å²) in [6.07, 6.45) is 7.76. The van der Waals surface area contributed by atoms with Crippen molar-refractivity contribution in [3.8, 4) is 0 Å². The maximum atomic E-state index is 12.9. The Labute approximate surface area is 119 Å². The molecule has 0 radical (unpaired) electrons. The van der Waals surface area contributed by atoms with Crippen LogP contribution in [-0.2, 0) is 0 Å². The zero-order chi connectivity index (χ0) is 13.9. The van der Waals surface area contributed by atoms with Crippen molar-refractivity contribution in [1.82, 2.24) is 0 Å². The molecule has 0 bridgehead atoms. The van der Waals surface area contributed by atoms with Gasteiger partial charge in [-0.25, -0.2) is 8.78 Å². The van der Waals surface area contributed by atoms with E-state index in [0.717, 1.165) is 11.8 Å². The number of hydrogen-bond donors (Lipinski definition) is 1. The van der Waals surface area contributed by atoms with Gasteiger partial charge in [-0.15, -0.1) is 11.8 Å². The van der Waals surface area contributed by atoms with Crippen molar-refractivity contribution < 1.29 is 8.78 Å². The third-order valence-corrected chi connectivity index (χ3v) is 3.81. The van der Waals surface area contributed by atoms with Gasteiger partial charge in [0.2, 0.25) is 0 Å². The molecule has 0 unspecified atom stereocenters. The Morgan fingerprint density at radius 2 is 1.58 bits per heavy atom. The first-order valence-electron chi connectivity index (χ1n) is 7.00. The van der Waals surface area contributed by atoms with Crippen LogP contribution >= 0.6 is 11.8 Å². The van der Waals surface area contributed by atoms with E-state index in [-0.39, 0.29) is 0 Å². The van der Waals surface area contributed by atoms with E-state index in [1.165, 1.54) is 50.7 Å². The lowest BCUT2D eigenvalue weighted by molar-refractivity contribution is 0.584. The SMILES string of the molecule is CCCCCCCCSCNc1cc(F)cc(F)c1. The molecule has 1 aromatic rings. The predicted octanol–water partition coefficient (Wildman–Crippen LogP) is 5.43. The largest absolute Gasteiger partial charge is 0.376 e. The standard InChI is InChI=1S/C15H23F2NS/c1-2-3-4-5-6-7-8-19-12-18-15-10-13(16)9-14(17)11-15/h9-11,18H,2-8,12H2,1H3. The van der Waals surface area contributed by atoms with Crippen molar-refractivity contribution in [3.05, 3.63) is 29.8 Å². The topological polar surface area (TPSA) is 12.0 Å². The van der Waals surface area contributed by atoms with E-state index in [0.29, 0.717) is 11.6 Å². The van der Waals surface area contributed by atoms with Crippen molar-refractivity contribution in [2.24, 2.45) is 0 Å². The van der Waals surface area contributed by atoms with Crippen LogP contribution in [0, 0.1) is 11.6 Å². The van der Waals surface area contributed by atoms with Gasteiger partial charge in [0, 0.05) is 11.8 Å². The van der Waals surface area contributed by atoms with Crippen LogP contribution in [0.3, 0.4) is 0 Å². The highest BCUT2D eigenvalue weighted by atomic mass is 32.2. The molecule has 1 N–H and O–H groups in total. The fraction of sp³-hybridized carbons (Fsp3) is 0.600. The Bertz CT molecular complexity index is 338. The van der Waals surface area contributed by atoms with Gasteiger partial charge in [-0.1, -0.05) is 39.0 Å². The van der Waals surface area contributed by atoms with Gasteiger partial charge in [0.05, 0.1) is 5.88 Å². The van der Waals surface area contributed by atoms with Gasteiger partial charge in [0.1, 0.15) is 11.6 Å². The lowest BCUT2D eigenvalue weighted by Gasteiger charge is -2.06. The minimum Gasteiger partial charge on any atom is -0.376 e. The Hall–Kier alpha value is -0.770. The molecule has 0 aliphatic carbocycles. The molecule has 0 spiro atoms. The monoisotopic (exact) mass is 287 g/mol. The highest BCUT2D eigenvalue weighted by Crippen LogP contribution is 2.15. The maximum absolute atomic E-state index is 12.9. The summed E-state index contributed by atoms with van der Waals surface area (Å²) in [7, 11) is 0. The Kier molecular flexibility index (Phi) is 8.63. The van der Waals surface area contributed by atoms with Crippen LogP contribution < -0.4 is 5.32 Å². The number of anilines is 1. The van der Waals surface area contributed by atoms with E-state index < -0.39 is 11.6 Å². The van der Waals surface area contributed by atoms with Gasteiger partial charge in [0.25, 0.3) is 0 Å². The van der Waals surface area contributed by atoms with Crippen LogP contribution in [0.5, 0.6) is 0 Å². The molecule has 0 amide bonds. The smallest absolute Gasteiger partial charge is 0.128 e. The van der Waals surface area contributed by atoms with Gasteiger partial charge < -0.3 is 5.32 Å². The average molecular weight is 287 g/mol. The molecule has 0 heterocycles. The van der Waals surface area contributed by atoms with Gasteiger partial charge in [-0.3, -0.25) is 0 Å². The summed E-state index contributed by atoms with van der Waals surface area (Å²) in [5.41, 5.74) is 0.507. The third kappa shape index (κ3) is 8.09. The van der Waals surface area contributed by atoms with Gasteiger partial charge in [-0.05, 0) is 24.3 Å². The second-order valence-corrected chi connectivity index (χ2v) is 5.76. The molecule has 0 atom stereocenters. The van der Waals surface area contributed by atoms with E-state index >= 15 is 0 Å². The summed E-state index contributed by atoms with van der Waals surface area (Å²) in [6, 6.07) is 3.51. The van der Waals surface area contributed by atoms with Crippen molar-refractivity contribution in [1.29, 1.82) is 0 Å². The lowest BCUT2D eigenvalue weighted by atomic mass is 10.1. The second kappa shape index (κ2) is 10.1. The maximum Gasteiger partial charge on any atom is 0.128 e. The molecule has 0 saturated heterocycles. The molecular formula is C15H23F2NS. The summed E-state index contributed by atoms with van der Waals surface area (Å²) in [4.78, 5) is 0. The second-order valence-electron chi connectivity index (χ2n) is 4.66. The first kappa shape index (κ1) is 16.3. The molecular weight excluding hydrogens is 264 g/mol. The number of thioether (sulfide) groups is 1. The van der Waals surface area contributed by atoms with E-state index in [9.17, 15) is 8.78 Å². The lowest BCUT2D eigenvalue weighted by Crippen LogP contribution is -1.99. The first-order valence-corrected chi connectivity index (χ1v) is 8.15. The number of unbranched alkanes of at least 4 members (excludes halogenated alkanes) is 5. The summed E-state index contributed by atoms with van der Waals surface area (Å²) in [5, 5.41) is 3.02. The Morgan fingerprint density at radius 3 is 2.26 bits per heavy atom. The fourth-order valence-electron chi connectivity index (χ4n) is 1.85. The van der Waals surface area contributed by atoms with Gasteiger partial charge in [0.15, 0.2) is 0 Å². The van der Waals surface area contributed by atoms with Crippen LogP contribution in [0.25, 0.3) is 0 Å². The number of hydrogen-bond acceptors (Lipinski definition) is 2. The van der Waals surface area contributed by atoms with E-state index in [1.54, 1.807) is 11.8 Å². The Balaban J connectivity index is 2.01. The minimum atomic E-state index is -0.538. The molecule has 0 aromatic heterocycles. The molecule has 1 aromatic carbocycles. The summed E-state index contributed by atoms with van der Waals surface area (Å²) in [6.45, 7) is 2.22. The number of nitrogens with one attached hydrogen (secondary N) is 1. The molecule has 108 valence electrons. The molecule has 1 rings (SSSR count). The average Bonchev–Trinajstić information content (AvgIpc) is 2.36. The highest BCUT2D eigenvalue weighted by molar-refractivity contribution is 7.99. The normalized spacial score (nSPS) is 10.7. The van der Waals surface area contributed by atoms with Crippen molar-refractivity contribution >= 4 is 17.4 Å². The third-order valence-electron chi connectivity index (χ3n) is 2.88. The molecule has 4 heteroatoms. The highest BCUT2D eigenvalue weighted by Gasteiger charge is 1.99. The van der Waals surface area contributed by atoms with Crippen LogP contribution in [-0.4, -0.2) is 11.6 Å². The van der Waals surface area contributed by atoms with E-state index in [1.807, 2.05) is 0 Å². The number of halogens is 2. The van der Waals surface area contributed by atoms with Crippen LogP contribution in [0.1, 0.15) is 45.4 Å². The number of benzene rings is 1. The molecule has 0 fully saturated rings. The summed E-state index contributed by atoms with van der Waals surface area (Å²) < 4.78 is 25.8. The van der Waals surface area contributed by atoms with Gasteiger partial charge in [-0.2, -0.15) is 0 Å². The quantitative estimate of drug-likeness (QED) is 0.455. The fourth-order valence-corrected chi connectivity index (χ4v) is 2.67. The molecule has 1 nitrogen and oxygen atoms in total. The number of rotatable bonds is 10. The van der Waals surface area contributed by atoms with Crippen LogP contribution in [0.15, 0.2) is 18.2 Å². The van der Waals surface area contributed by atoms with Crippen molar-refractivity contribution in [2.75, 3.05) is 16.9 Å². The van der Waals surface area contributed by atoms with Crippen LogP contribution in [0.4, 0.5) is 14.5 Å². The van der Waals surface area contributed by atoms with Crippen molar-refractivity contribution in [3.63, 3.8) is 0 Å². The minimum absolute atomic E-state index is 0.507. The van der Waals surface area contributed by atoms with Crippen LogP contribution in [0.2, 0.25) is 0 Å². The van der Waals surface area contributed by atoms with E-state index in [4.69, 9.17) is 0 Å². The van der Waals surface area contributed by atoms with Crippen molar-refractivity contribution in [2.45, 2.75) is 45.4 Å². The van der Waals surface area contributed by atoms with Gasteiger partial charge >= 0.3 is 0 Å². The predicted molar refractivity (Wildman–Crippen MR) is 80.7 cm³/mol. The zero-order valence-corrected chi connectivity index (χ0v) is 12.4. The van der Waals surface area contributed by atoms with E-state index in [2.05, 4.69) is 12.2 Å². The molecule has 0 aliphatic rings.